The average molecular weight is 287 g/mol. The van der Waals surface area contributed by atoms with Crippen LogP contribution in [0, 0.1) is 0 Å². The molecule has 20 heavy (non-hydrogen) atoms. The number of benzene rings is 1. The highest BCUT2D eigenvalue weighted by molar-refractivity contribution is 7.09. The number of hydrogen-bond donors (Lipinski definition) is 2. The number of aromatic nitrogens is 2. The first-order valence-corrected chi connectivity index (χ1v) is 7.47. The van der Waals surface area contributed by atoms with Gasteiger partial charge in [-0.25, -0.2) is 0 Å². The average Bonchev–Trinajstić information content (AvgIpc) is 3.13. The SMILES string of the molecule is COc1cccc2[nH]cc(CCNCc3cncs3)c12. The van der Waals surface area contributed by atoms with Gasteiger partial charge in [0.15, 0.2) is 0 Å². The molecular weight excluding hydrogens is 270 g/mol. The molecule has 0 atom stereocenters. The molecule has 0 aliphatic carbocycles. The van der Waals surface area contributed by atoms with Gasteiger partial charge in [-0.05, 0) is 30.7 Å². The quantitative estimate of drug-likeness (QED) is 0.685. The van der Waals surface area contributed by atoms with Crippen molar-refractivity contribution in [1.29, 1.82) is 0 Å². The number of nitrogens with one attached hydrogen (secondary N) is 2. The van der Waals surface area contributed by atoms with Crippen molar-refractivity contribution in [3.05, 3.63) is 46.5 Å². The number of fused-ring (bicyclic) bond motifs is 1. The van der Waals surface area contributed by atoms with Crippen LogP contribution < -0.4 is 10.1 Å². The summed E-state index contributed by atoms with van der Waals surface area (Å²) in [5.41, 5.74) is 4.28. The maximum atomic E-state index is 5.44. The summed E-state index contributed by atoms with van der Waals surface area (Å²) >= 11 is 1.68. The lowest BCUT2D eigenvalue weighted by Crippen LogP contribution is -2.15. The lowest BCUT2D eigenvalue weighted by molar-refractivity contribution is 0.419. The van der Waals surface area contributed by atoms with Gasteiger partial charge < -0.3 is 15.0 Å². The van der Waals surface area contributed by atoms with E-state index in [-0.39, 0.29) is 0 Å². The highest BCUT2D eigenvalue weighted by Crippen LogP contribution is 2.28. The number of hydrogen-bond acceptors (Lipinski definition) is 4. The monoisotopic (exact) mass is 287 g/mol. The predicted molar refractivity (Wildman–Crippen MR) is 82.4 cm³/mol. The van der Waals surface area contributed by atoms with E-state index in [1.54, 1.807) is 18.4 Å². The Labute approximate surface area is 121 Å². The van der Waals surface area contributed by atoms with Gasteiger partial charge >= 0.3 is 0 Å². The van der Waals surface area contributed by atoms with Gasteiger partial charge in [-0.3, -0.25) is 4.98 Å². The Hall–Kier alpha value is -1.85. The van der Waals surface area contributed by atoms with Crippen LogP contribution in [0.1, 0.15) is 10.4 Å². The zero-order valence-electron chi connectivity index (χ0n) is 11.3. The van der Waals surface area contributed by atoms with Crippen LogP contribution in [0.5, 0.6) is 5.75 Å². The summed E-state index contributed by atoms with van der Waals surface area (Å²) in [7, 11) is 1.72. The number of thiazole rings is 1. The largest absolute Gasteiger partial charge is 0.496 e. The maximum Gasteiger partial charge on any atom is 0.128 e. The molecule has 0 bridgehead atoms. The molecule has 0 aliphatic rings. The number of rotatable bonds is 6. The standard InChI is InChI=1S/C15H17N3OS/c1-19-14-4-2-3-13-15(14)11(7-18-13)5-6-16-8-12-9-17-10-20-12/h2-4,7,9-10,16,18H,5-6,8H2,1H3. The van der Waals surface area contributed by atoms with Crippen LogP contribution >= 0.6 is 11.3 Å². The van der Waals surface area contributed by atoms with Crippen molar-refractivity contribution in [2.75, 3.05) is 13.7 Å². The summed E-state index contributed by atoms with van der Waals surface area (Å²) in [6.07, 6.45) is 4.95. The van der Waals surface area contributed by atoms with E-state index in [0.29, 0.717) is 0 Å². The van der Waals surface area contributed by atoms with Gasteiger partial charge in [0.2, 0.25) is 0 Å². The first-order valence-electron chi connectivity index (χ1n) is 6.59. The van der Waals surface area contributed by atoms with Crippen molar-refractivity contribution in [3.8, 4) is 5.75 Å². The molecule has 2 N–H and O–H groups in total. The molecule has 0 fully saturated rings. The third-order valence-electron chi connectivity index (χ3n) is 3.32. The molecule has 5 heteroatoms. The Bertz CT molecular complexity index is 676. The molecular formula is C15H17N3OS. The number of methoxy groups -OCH3 is 1. The summed E-state index contributed by atoms with van der Waals surface area (Å²) < 4.78 is 5.44. The van der Waals surface area contributed by atoms with Crippen LogP contribution in [-0.2, 0) is 13.0 Å². The lowest BCUT2D eigenvalue weighted by Gasteiger charge is -2.05. The van der Waals surface area contributed by atoms with Crippen LogP contribution in [-0.4, -0.2) is 23.6 Å². The zero-order chi connectivity index (χ0) is 13.8. The third kappa shape index (κ3) is 2.69. The minimum Gasteiger partial charge on any atom is -0.496 e. The number of aromatic amines is 1. The Morgan fingerprint density at radius 1 is 1.40 bits per heavy atom. The van der Waals surface area contributed by atoms with E-state index in [2.05, 4.69) is 27.5 Å². The molecule has 3 rings (SSSR count). The Kier molecular flexibility index (Phi) is 3.99. The van der Waals surface area contributed by atoms with Crippen molar-refractivity contribution in [2.24, 2.45) is 0 Å². The van der Waals surface area contributed by atoms with Gasteiger partial charge in [0.1, 0.15) is 5.75 Å². The summed E-state index contributed by atoms with van der Waals surface area (Å²) in [6.45, 7) is 1.81. The van der Waals surface area contributed by atoms with E-state index in [0.717, 1.165) is 30.8 Å². The van der Waals surface area contributed by atoms with Gasteiger partial charge in [0.05, 0.1) is 12.6 Å². The molecule has 3 aromatic rings. The molecule has 0 unspecified atom stereocenters. The molecule has 1 aromatic carbocycles. The van der Waals surface area contributed by atoms with Gasteiger partial charge in [-0.2, -0.15) is 0 Å². The second kappa shape index (κ2) is 6.07. The summed E-state index contributed by atoms with van der Waals surface area (Å²) in [6, 6.07) is 6.08. The van der Waals surface area contributed by atoms with Crippen LogP contribution in [0.4, 0.5) is 0 Å². The summed E-state index contributed by atoms with van der Waals surface area (Å²) in [5.74, 6) is 0.932. The van der Waals surface area contributed by atoms with Crippen molar-refractivity contribution < 1.29 is 4.74 Å². The van der Waals surface area contributed by atoms with Gasteiger partial charge in [-0.15, -0.1) is 11.3 Å². The van der Waals surface area contributed by atoms with Crippen LogP contribution in [0.2, 0.25) is 0 Å². The Balaban J connectivity index is 1.65. The van der Waals surface area contributed by atoms with Crippen molar-refractivity contribution >= 4 is 22.2 Å². The van der Waals surface area contributed by atoms with E-state index in [1.165, 1.54) is 15.8 Å². The minimum absolute atomic E-state index is 0.879. The smallest absolute Gasteiger partial charge is 0.128 e. The van der Waals surface area contributed by atoms with Crippen LogP contribution in [0.25, 0.3) is 10.9 Å². The van der Waals surface area contributed by atoms with Crippen molar-refractivity contribution in [1.82, 2.24) is 15.3 Å². The molecule has 2 aromatic heterocycles. The van der Waals surface area contributed by atoms with Gasteiger partial charge in [-0.1, -0.05) is 6.07 Å². The van der Waals surface area contributed by atoms with Crippen molar-refractivity contribution in [3.63, 3.8) is 0 Å². The number of ether oxygens (including phenoxy) is 1. The molecule has 0 saturated carbocycles. The number of nitrogens with zero attached hydrogens (tertiary/aromatic N) is 1. The summed E-state index contributed by atoms with van der Waals surface area (Å²) in [4.78, 5) is 8.64. The first kappa shape index (κ1) is 13.1. The minimum atomic E-state index is 0.879. The highest BCUT2D eigenvalue weighted by atomic mass is 32.1. The number of H-pyrrole nitrogens is 1. The topological polar surface area (TPSA) is 49.9 Å². The molecule has 0 spiro atoms. The maximum absolute atomic E-state index is 5.44. The van der Waals surface area contributed by atoms with E-state index < -0.39 is 0 Å². The third-order valence-corrected chi connectivity index (χ3v) is 4.10. The van der Waals surface area contributed by atoms with E-state index in [4.69, 9.17) is 4.74 Å². The fourth-order valence-corrected chi connectivity index (χ4v) is 2.92. The first-order chi connectivity index (χ1) is 9.88. The predicted octanol–water partition coefficient (Wildman–Crippen LogP) is 2.97. The van der Waals surface area contributed by atoms with Crippen LogP contribution in [0.3, 0.4) is 0 Å². The Morgan fingerprint density at radius 2 is 2.35 bits per heavy atom. The van der Waals surface area contributed by atoms with E-state index in [9.17, 15) is 0 Å². The highest BCUT2D eigenvalue weighted by Gasteiger charge is 2.08. The second-order valence-electron chi connectivity index (χ2n) is 4.59. The lowest BCUT2D eigenvalue weighted by atomic mass is 10.1. The Morgan fingerprint density at radius 3 is 3.15 bits per heavy atom. The van der Waals surface area contributed by atoms with Crippen molar-refractivity contribution in [2.45, 2.75) is 13.0 Å². The molecule has 0 radical (unpaired) electrons. The second-order valence-corrected chi connectivity index (χ2v) is 5.56. The molecule has 0 saturated heterocycles. The fraction of sp³-hybridized carbons (Fsp3) is 0.267. The van der Waals surface area contributed by atoms with E-state index >= 15 is 0 Å². The molecule has 4 nitrogen and oxygen atoms in total. The fourth-order valence-electron chi connectivity index (χ4n) is 2.35. The van der Waals surface area contributed by atoms with Gasteiger partial charge in [0.25, 0.3) is 0 Å². The molecule has 0 aliphatic heterocycles. The zero-order valence-corrected chi connectivity index (χ0v) is 12.2. The molecule has 2 heterocycles. The van der Waals surface area contributed by atoms with Crippen LogP contribution in [0.15, 0.2) is 36.1 Å². The van der Waals surface area contributed by atoms with Gasteiger partial charge in [0, 0.05) is 34.7 Å². The molecule has 104 valence electrons. The summed E-state index contributed by atoms with van der Waals surface area (Å²) in [5, 5.41) is 4.63. The normalized spacial score (nSPS) is 11.1. The van der Waals surface area contributed by atoms with E-state index in [1.807, 2.05) is 23.8 Å². The molecule has 0 amide bonds.